The van der Waals surface area contributed by atoms with Crippen LogP contribution in [-0.4, -0.2) is 20.0 Å². The van der Waals surface area contributed by atoms with Crippen LogP contribution in [0.3, 0.4) is 0 Å². The lowest BCUT2D eigenvalue weighted by Gasteiger charge is -2.38. The van der Waals surface area contributed by atoms with Crippen molar-refractivity contribution in [2.24, 2.45) is 0 Å². The second-order valence-corrected chi connectivity index (χ2v) is 9.35. The van der Waals surface area contributed by atoms with Gasteiger partial charge in [-0.2, -0.15) is 5.10 Å². The highest BCUT2D eigenvalue weighted by Crippen LogP contribution is 2.43. The van der Waals surface area contributed by atoms with Crippen LogP contribution in [-0.2, 0) is 11.0 Å². The summed E-state index contributed by atoms with van der Waals surface area (Å²) in [6, 6.07) is 20.9. The van der Waals surface area contributed by atoms with Crippen LogP contribution in [0.5, 0.6) is 0 Å². The summed E-state index contributed by atoms with van der Waals surface area (Å²) in [7, 11) is 0. The Hall–Kier alpha value is -3.41. The molecule has 1 unspecified atom stereocenters. The van der Waals surface area contributed by atoms with Crippen LogP contribution >= 0.6 is 0 Å². The van der Waals surface area contributed by atoms with Gasteiger partial charge in [-0.3, -0.25) is 0 Å². The first kappa shape index (κ1) is 19.5. The van der Waals surface area contributed by atoms with E-state index in [0.717, 1.165) is 23.4 Å². The zero-order valence-electron chi connectivity index (χ0n) is 18.3. The highest BCUT2D eigenvalue weighted by molar-refractivity contribution is 5.70. The average molecular weight is 414 g/mol. The smallest absolute Gasteiger partial charge is 0.253 e. The SMILES string of the molecule is CC(C)(c1ccccc1)c1nnc(-c2cnn3c2NC(c2ccccc2)CC3(C)C)o1. The van der Waals surface area contributed by atoms with Gasteiger partial charge < -0.3 is 9.73 Å². The predicted molar refractivity (Wildman–Crippen MR) is 121 cm³/mol. The molecule has 1 atom stereocenters. The van der Waals surface area contributed by atoms with Crippen LogP contribution in [0.1, 0.15) is 57.2 Å². The summed E-state index contributed by atoms with van der Waals surface area (Å²) in [5, 5.41) is 17.1. The maximum absolute atomic E-state index is 6.21. The standard InChI is InChI=1S/C25H27N5O/c1-24(2)15-20(17-11-7-5-8-12-17)27-21-19(16-26-30(21)24)22-28-29-23(31-22)25(3,4)18-13-9-6-10-14-18/h5-14,16,20,27H,15H2,1-4H3. The van der Waals surface area contributed by atoms with Crippen LogP contribution in [0.4, 0.5) is 5.82 Å². The fourth-order valence-electron chi connectivity index (χ4n) is 4.35. The average Bonchev–Trinajstić information content (AvgIpc) is 3.42. The molecular formula is C25H27N5O. The molecule has 0 saturated heterocycles. The van der Waals surface area contributed by atoms with Gasteiger partial charge >= 0.3 is 0 Å². The minimum absolute atomic E-state index is 0.147. The number of aromatic nitrogens is 4. The van der Waals surface area contributed by atoms with Gasteiger partial charge in [-0.15, -0.1) is 10.2 Å². The van der Waals surface area contributed by atoms with E-state index in [1.165, 1.54) is 5.56 Å². The monoisotopic (exact) mass is 413 g/mol. The molecule has 0 bridgehead atoms. The highest BCUT2D eigenvalue weighted by Gasteiger charge is 2.37. The van der Waals surface area contributed by atoms with Gasteiger partial charge in [0.2, 0.25) is 5.89 Å². The first-order valence-corrected chi connectivity index (χ1v) is 10.7. The largest absolute Gasteiger partial charge is 0.420 e. The van der Waals surface area contributed by atoms with Gasteiger partial charge in [0.15, 0.2) is 0 Å². The van der Waals surface area contributed by atoms with Crippen molar-refractivity contribution >= 4 is 5.82 Å². The number of benzene rings is 2. The van der Waals surface area contributed by atoms with Crippen molar-refractivity contribution in [3.05, 3.63) is 83.9 Å². The molecule has 6 heteroatoms. The Kier molecular flexibility index (Phi) is 4.46. The van der Waals surface area contributed by atoms with Crippen molar-refractivity contribution in [2.75, 3.05) is 5.32 Å². The fraction of sp³-hybridized carbons (Fsp3) is 0.320. The van der Waals surface area contributed by atoms with Crippen LogP contribution < -0.4 is 5.32 Å². The third-order valence-corrected chi connectivity index (χ3v) is 6.24. The molecule has 4 aromatic rings. The van der Waals surface area contributed by atoms with E-state index in [9.17, 15) is 0 Å². The molecule has 6 nitrogen and oxygen atoms in total. The van der Waals surface area contributed by atoms with Gasteiger partial charge in [-0.25, -0.2) is 4.68 Å². The molecule has 0 spiro atoms. The Bertz CT molecular complexity index is 1190. The van der Waals surface area contributed by atoms with Crippen LogP contribution in [0.2, 0.25) is 0 Å². The Morgan fingerprint density at radius 2 is 1.68 bits per heavy atom. The van der Waals surface area contributed by atoms with E-state index in [2.05, 4.69) is 84.7 Å². The lowest BCUT2D eigenvalue weighted by molar-refractivity contribution is 0.263. The minimum Gasteiger partial charge on any atom is -0.420 e. The fourth-order valence-corrected chi connectivity index (χ4v) is 4.35. The molecule has 1 aliphatic rings. The summed E-state index contributed by atoms with van der Waals surface area (Å²) in [4.78, 5) is 0. The van der Waals surface area contributed by atoms with Crippen LogP contribution in [0.25, 0.3) is 11.5 Å². The molecule has 2 aromatic carbocycles. The Morgan fingerprint density at radius 3 is 2.39 bits per heavy atom. The number of rotatable bonds is 4. The molecule has 5 rings (SSSR count). The summed E-state index contributed by atoms with van der Waals surface area (Å²) in [5.41, 5.74) is 2.68. The number of hydrogen-bond donors (Lipinski definition) is 1. The van der Waals surface area contributed by atoms with Gasteiger partial charge in [0.25, 0.3) is 5.89 Å². The zero-order valence-corrected chi connectivity index (χ0v) is 18.3. The molecule has 1 N–H and O–H groups in total. The molecule has 2 aromatic heterocycles. The van der Waals surface area contributed by atoms with Crippen LogP contribution in [0.15, 0.2) is 71.3 Å². The predicted octanol–water partition coefficient (Wildman–Crippen LogP) is 5.55. The van der Waals surface area contributed by atoms with Crippen molar-refractivity contribution in [1.82, 2.24) is 20.0 Å². The number of fused-ring (bicyclic) bond motifs is 1. The molecule has 1 aliphatic heterocycles. The van der Waals surface area contributed by atoms with Gasteiger partial charge in [0.1, 0.15) is 11.4 Å². The first-order valence-electron chi connectivity index (χ1n) is 10.7. The van der Waals surface area contributed by atoms with E-state index in [-0.39, 0.29) is 17.0 Å². The van der Waals surface area contributed by atoms with Gasteiger partial charge in [-0.1, -0.05) is 60.7 Å². The Labute approximate surface area is 182 Å². The summed E-state index contributed by atoms with van der Waals surface area (Å²) >= 11 is 0. The van der Waals surface area contributed by atoms with Gasteiger partial charge in [0.05, 0.1) is 23.2 Å². The molecule has 0 saturated carbocycles. The number of nitrogens with zero attached hydrogens (tertiary/aromatic N) is 4. The topological polar surface area (TPSA) is 68.8 Å². The number of nitrogens with one attached hydrogen (secondary N) is 1. The van der Waals surface area contributed by atoms with E-state index in [0.29, 0.717) is 11.8 Å². The van der Waals surface area contributed by atoms with Crippen molar-refractivity contribution in [3.63, 3.8) is 0 Å². The lowest BCUT2D eigenvalue weighted by Crippen LogP contribution is -2.37. The molecule has 0 amide bonds. The van der Waals surface area contributed by atoms with E-state index in [1.54, 1.807) is 0 Å². The molecule has 0 fully saturated rings. The molecule has 3 heterocycles. The molecule has 158 valence electrons. The molecule has 0 radical (unpaired) electrons. The second-order valence-electron chi connectivity index (χ2n) is 9.35. The van der Waals surface area contributed by atoms with E-state index in [1.807, 2.05) is 35.1 Å². The third kappa shape index (κ3) is 3.32. The van der Waals surface area contributed by atoms with E-state index < -0.39 is 0 Å². The molecular weight excluding hydrogens is 386 g/mol. The van der Waals surface area contributed by atoms with Gasteiger partial charge in [0, 0.05) is 0 Å². The lowest BCUT2D eigenvalue weighted by atomic mass is 9.85. The highest BCUT2D eigenvalue weighted by atomic mass is 16.4. The maximum atomic E-state index is 6.21. The van der Waals surface area contributed by atoms with Crippen molar-refractivity contribution in [1.29, 1.82) is 0 Å². The summed E-state index contributed by atoms with van der Waals surface area (Å²) in [5.74, 6) is 1.98. The zero-order chi connectivity index (χ0) is 21.6. The van der Waals surface area contributed by atoms with Crippen molar-refractivity contribution in [3.8, 4) is 11.5 Å². The van der Waals surface area contributed by atoms with Gasteiger partial charge in [-0.05, 0) is 45.2 Å². The molecule has 31 heavy (non-hydrogen) atoms. The van der Waals surface area contributed by atoms with Crippen molar-refractivity contribution < 1.29 is 4.42 Å². The van der Waals surface area contributed by atoms with E-state index >= 15 is 0 Å². The minimum atomic E-state index is -0.390. The number of anilines is 1. The van der Waals surface area contributed by atoms with Crippen molar-refractivity contribution in [2.45, 2.75) is 51.1 Å². The second kappa shape index (κ2) is 7.08. The number of hydrogen-bond acceptors (Lipinski definition) is 5. The quantitative estimate of drug-likeness (QED) is 0.475. The first-order chi connectivity index (χ1) is 14.9. The Morgan fingerprint density at radius 1 is 1.00 bits per heavy atom. The normalized spacial score (nSPS) is 17.7. The summed E-state index contributed by atoms with van der Waals surface area (Å²) < 4.78 is 8.24. The molecule has 0 aliphatic carbocycles. The third-order valence-electron chi connectivity index (χ3n) is 6.24. The Balaban J connectivity index is 1.52. The summed E-state index contributed by atoms with van der Waals surface area (Å²) in [6.45, 7) is 8.61. The van der Waals surface area contributed by atoms with E-state index in [4.69, 9.17) is 4.42 Å². The summed E-state index contributed by atoms with van der Waals surface area (Å²) in [6.07, 6.45) is 2.76. The maximum Gasteiger partial charge on any atom is 0.253 e. The van der Waals surface area contributed by atoms with Crippen LogP contribution in [0, 0.1) is 0 Å².